The fourth-order valence-electron chi connectivity index (χ4n) is 2.42. The van der Waals surface area contributed by atoms with Crippen LogP contribution in [0, 0.1) is 0 Å². The minimum absolute atomic E-state index is 0.170. The zero-order chi connectivity index (χ0) is 17.1. The second-order valence-electron chi connectivity index (χ2n) is 5.90. The van der Waals surface area contributed by atoms with Gasteiger partial charge in [0.25, 0.3) is 0 Å². The average molecular weight is 361 g/mol. The van der Waals surface area contributed by atoms with Crippen LogP contribution in [-0.2, 0) is 6.42 Å². The number of halogens is 2. The van der Waals surface area contributed by atoms with E-state index in [1.165, 1.54) is 0 Å². The van der Waals surface area contributed by atoms with E-state index in [1.807, 2.05) is 12.1 Å². The van der Waals surface area contributed by atoms with Crippen LogP contribution in [-0.4, -0.2) is 36.3 Å². The van der Waals surface area contributed by atoms with Gasteiger partial charge in [0.2, 0.25) is 0 Å². The maximum absolute atomic E-state index is 8.75. The molecule has 1 atom stereocenters. The third kappa shape index (κ3) is 10.2. The summed E-state index contributed by atoms with van der Waals surface area (Å²) < 4.78 is 0. The van der Waals surface area contributed by atoms with Gasteiger partial charge < -0.3 is 21.1 Å². The molecule has 0 fully saturated rings. The number of rotatable bonds is 12. The van der Waals surface area contributed by atoms with Gasteiger partial charge in [0, 0.05) is 16.1 Å². The number of hydrogen-bond donors (Lipinski definition) is 4. The minimum Gasteiger partial charge on any atom is -0.427 e. The zero-order valence-corrected chi connectivity index (χ0v) is 15.0. The Bertz CT molecular complexity index is 450. The minimum atomic E-state index is -1.19. The van der Waals surface area contributed by atoms with E-state index in [1.54, 1.807) is 6.07 Å². The molecule has 0 amide bonds. The summed E-state index contributed by atoms with van der Waals surface area (Å²) in [6.45, 7) is 1.83. The van der Waals surface area contributed by atoms with Gasteiger partial charge in [0.05, 0.1) is 0 Å². The van der Waals surface area contributed by atoms with Gasteiger partial charge in [0.1, 0.15) is 0 Å². The van der Waals surface area contributed by atoms with Gasteiger partial charge in [-0.1, -0.05) is 42.1 Å². The summed E-state index contributed by atoms with van der Waals surface area (Å²) in [6.07, 6.45) is 5.98. The molecule has 23 heavy (non-hydrogen) atoms. The molecule has 0 aliphatic carbocycles. The van der Waals surface area contributed by atoms with Crippen LogP contribution >= 0.6 is 23.2 Å². The molecule has 0 aliphatic heterocycles. The maximum Gasteiger partial charge on any atom is 0.451 e. The van der Waals surface area contributed by atoms with E-state index in [0.29, 0.717) is 11.3 Å². The highest BCUT2D eigenvalue weighted by Crippen LogP contribution is 2.21. The van der Waals surface area contributed by atoms with Gasteiger partial charge in [0.15, 0.2) is 0 Å². The Kier molecular flexibility index (Phi) is 10.9. The lowest BCUT2D eigenvalue weighted by Gasteiger charge is -2.12. The molecule has 0 spiro atoms. The van der Waals surface area contributed by atoms with Crippen LogP contribution in [0.25, 0.3) is 0 Å². The second-order valence-corrected chi connectivity index (χ2v) is 6.75. The zero-order valence-electron chi connectivity index (χ0n) is 13.5. The van der Waals surface area contributed by atoms with E-state index in [0.717, 1.165) is 62.2 Å². The molecule has 0 radical (unpaired) electrons. The summed E-state index contributed by atoms with van der Waals surface area (Å²) in [4.78, 5) is 0. The summed E-state index contributed by atoms with van der Waals surface area (Å²) in [5, 5.41) is 22.3. The van der Waals surface area contributed by atoms with Crippen molar-refractivity contribution in [2.45, 2.75) is 50.9 Å². The average Bonchev–Trinajstić information content (AvgIpc) is 2.49. The molecule has 0 aromatic heterocycles. The Morgan fingerprint density at radius 1 is 1.09 bits per heavy atom. The number of benzene rings is 1. The number of aryl methyl sites for hydroxylation is 1. The molecule has 130 valence electrons. The Morgan fingerprint density at radius 3 is 2.57 bits per heavy atom. The monoisotopic (exact) mass is 360 g/mol. The van der Waals surface area contributed by atoms with Crippen molar-refractivity contribution >= 4 is 30.3 Å². The molecule has 0 saturated carbocycles. The van der Waals surface area contributed by atoms with E-state index >= 15 is 0 Å². The van der Waals surface area contributed by atoms with Crippen LogP contribution in [0.5, 0.6) is 0 Å². The van der Waals surface area contributed by atoms with Crippen molar-refractivity contribution in [2.24, 2.45) is 5.73 Å². The molecule has 0 heterocycles. The Balaban J connectivity index is 2.00. The predicted octanol–water partition coefficient (Wildman–Crippen LogP) is 2.88. The van der Waals surface area contributed by atoms with E-state index in [9.17, 15) is 0 Å². The number of hydrogen-bond acceptors (Lipinski definition) is 4. The largest absolute Gasteiger partial charge is 0.451 e. The van der Waals surface area contributed by atoms with Crippen LogP contribution in [0.15, 0.2) is 18.2 Å². The lowest BCUT2D eigenvalue weighted by Crippen LogP contribution is -2.27. The molecule has 5 N–H and O–H groups in total. The Morgan fingerprint density at radius 2 is 1.87 bits per heavy atom. The van der Waals surface area contributed by atoms with Gasteiger partial charge in [-0.3, -0.25) is 0 Å². The molecule has 0 aliphatic rings. The van der Waals surface area contributed by atoms with Crippen molar-refractivity contribution in [2.75, 3.05) is 13.1 Å². The molecule has 0 bridgehead atoms. The Hall–Kier alpha value is -0.295. The summed E-state index contributed by atoms with van der Waals surface area (Å²) >= 11 is 12.0. The molecular formula is C16H27BCl2N2O2. The lowest BCUT2D eigenvalue weighted by molar-refractivity contribution is 0.400. The molecular weight excluding hydrogens is 334 g/mol. The quantitative estimate of drug-likeness (QED) is 0.341. The molecule has 1 aromatic rings. The van der Waals surface area contributed by atoms with Crippen molar-refractivity contribution in [1.82, 2.24) is 5.32 Å². The van der Waals surface area contributed by atoms with Gasteiger partial charge in [-0.2, -0.15) is 0 Å². The maximum atomic E-state index is 8.75. The summed E-state index contributed by atoms with van der Waals surface area (Å²) in [6, 6.07) is 5.79. The van der Waals surface area contributed by atoms with Crippen molar-refractivity contribution in [3.63, 3.8) is 0 Å². The van der Waals surface area contributed by atoms with Crippen molar-refractivity contribution in [1.29, 1.82) is 0 Å². The fourth-order valence-corrected chi connectivity index (χ4v) is 2.92. The molecule has 1 unspecified atom stereocenters. The molecule has 1 aromatic carbocycles. The van der Waals surface area contributed by atoms with Gasteiger partial charge >= 0.3 is 7.12 Å². The molecule has 1 rings (SSSR count). The van der Waals surface area contributed by atoms with Crippen LogP contribution in [0.1, 0.15) is 37.7 Å². The number of nitrogens with one attached hydrogen (secondary N) is 1. The summed E-state index contributed by atoms with van der Waals surface area (Å²) in [5.74, 6) is 0. The smallest absolute Gasteiger partial charge is 0.427 e. The SMILES string of the molecule is NC(CCCCB(O)O)CCNCCCc1ccc(Cl)cc1Cl. The topological polar surface area (TPSA) is 78.5 Å². The van der Waals surface area contributed by atoms with E-state index in [-0.39, 0.29) is 6.04 Å². The fraction of sp³-hybridized carbons (Fsp3) is 0.625. The third-order valence-corrected chi connectivity index (χ3v) is 4.38. The predicted molar refractivity (Wildman–Crippen MR) is 99.1 cm³/mol. The number of unbranched alkanes of at least 4 members (excludes halogenated alkanes) is 1. The first kappa shape index (κ1) is 20.7. The van der Waals surface area contributed by atoms with Crippen LogP contribution in [0.4, 0.5) is 0 Å². The normalized spacial score (nSPS) is 12.4. The molecule has 0 saturated heterocycles. The highest BCUT2D eigenvalue weighted by Gasteiger charge is 2.07. The first-order chi connectivity index (χ1) is 11.0. The first-order valence-electron chi connectivity index (χ1n) is 8.25. The lowest BCUT2D eigenvalue weighted by atomic mass is 9.83. The summed E-state index contributed by atoms with van der Waals surface area (Å²) in [7, 11) is -1.19. The van der Waals surface area contributed by atoms with Gasteiger partial charge in [-0.15, -0.1) is 0 Å². The van der Waals surface area contributed by atoms with E-state index in [2.05, 4.69) is 5.32 Å². The number of nitrogens with two attached hydrogens (primary N) is 1. The summed E-state index contributed by atoms with van der Waals surface area (Å²) in [5.41, 5.74) is 7.16. The Labute approximate surface area is 149 Å². The third-order valence-electron chi connectivity index (χ3n) is 3.79. The van der Waals surface area contributed by atoms with Crippen molar-refractivity contribution in [3.05, 3.63) is 33.8 Å². The standard InChI is InChI=1S/C16H27BCl2N2O2/c18-14-7-6-13(16(19)12-14)4-3-10-21-11-8-15(20)5-1-2-9-17(22)23/h6-7,12,15,21-23H,1-5,8-11,20H2. The highest BCUT2D eigenvalue weighted by molar-refractivity contribution is 6.40. The molecule has 7 heteroatoms. The highest BCUT2D eigenvalue weighted by atomic mass is 35.5. The van der Waals surface area contributed by atoms with Crippen molar-refractivity contribution < 1.29 is 10.0 Å². The van der Waals surface area contributed by atoms with Crippen molar-refractivity contribution in [3.8, 4) is 0 Å². The van der Waals surface area contributed by atoms with Crippen LogP contribution in [0.3, 0.4) is 0 Å². The second kappa shape index (κ2) is 12.1. The molecule has 4 nitrogen and oxygen atoms in total. The van der Waals surface area contributed by atoms with Gasteiger partial charge in [-0.05, 0) is 62.8 Å². The van der Waals surface area contributed by atoms with Crippen LogP contribution < -0.4 is 11.1 Å². The van der Waals surface area contributed by atoms with Crippen LogP contribution in [0.2, 0.25) is 16.4 Å². The van der Waals surface area contributed by atoms with E-state index in [4.69, 9.17) is 39.0 Å². The van der Waals surface area contributed by atoms with E-state index < -0.39 is 7.12 Å². The first-order valence-corrected chi connectivity index (χ1v) is 9.01. The van der Waals surface area contributed by atoms with Gasteiger partial charge in [-0.25, -0.2) is 0 Å².